The number of ether oxygens (including phenoxy) is 1. The minimum atomic E-state index is -0.605. The van der Waals surface area contributed by atoms with Crippen LogP contribution in [0.1, 0.15) is 37.5 Å². The minimum Gasteiger partial charge on any atom is -0.480 e. The van der Waals surface area contributed by atoms with Crippen molar-refractivity contribution in [2.75, 3.05) is 0 Å². The van der Waals surface area contributed by atoms with E-state index in [9.17, 15) is 9.90 Å². The Bertz CT molecular complexity index is 402. The highest BCUT2D eigenvalue weighted by Gasteiger charge is 2.16. The molecule has 1 aromatic rings. The highest BCUT2D eigenvalue weighted by molar-refractivity contribution is 5.79. The van der Waals surface area contributed by atoms with Crippen molar-refractivity contribution < 1.29 is 14.6 Å². The monoisotopic (exact) mass is 237 g/mol. The van der Waals surface area contributed by atoms with Gasteiger partial charge < -0.3 is 15.6 Å². The van der Waals surface area contributed by atoms with E-state index in [4.69, 9.17) is 10.5 Å². The lowest BCUT2D eigenvalue weighted by Gasteiger charge is -2.17. The van der Waals surface area contributed by atoms with Crippen LogP contribution >= 0.6 is 0 Å². The zero-order valence-corrected chi connectivity index (χ0v) is 10.4. The smallest absolute Gasteiger partial charge is 0.258 e. The molecule has 0 radical (unpaired) electrons. The van der Waals surface area contributed by atoms with Crippen LogP contribution in [0.4, 0.5) is 0 Å². The minimum absolute atomic E-state index is 0.466. The van der Waals surface area contributed by atoms with E-state index in [-0.39, 0.29) is 0 Å². The van der Waals surface area contributed by atoms with Crippen molar-refractivity contribution in [3.8, 4) is 5.75 Å². The Morgan fingerprint density at radius 2 is 2.18 bits per heavy atom. The van der Waals surface area contributed by atoms with E-state index in [0.29, 0.717) is 12.2 Å². The Morgan fingerprint density at radius 3 is 2.59 bits per heavy atom. The van der Waals surface area contributed by atoms with Gasteiger partial charge in [-0.25, -0.2) is 0 Å². The van der Waals surface area contributed by atoms with Crippen molar-refractivity contribution in [1.82, 2.24) is 0 Å². The summed E-state index contributed by atoms with van der Waals surface area (Å²) < 4.78 is 5.53. The molecule has 2 atom stereocenters. The van der Waals surface area contributed by atoms with Crippen LogP contribution in [0.2, 0.25) is 0 Å². The molecule has 0 saturated carbocycles. The molecule has 3 N–H and O–H groups in total. The van der Waals surface area contributed by atoms with Gasteiger partial charge >= 0.3 is 0 Å². The number of aliphatic hydroxyl groups is 1. The van der Waals surface area contributed by atoms with Gasteiger partial charge in [0.1, 0.15) is 5.75 Å². The fourth-order valence-corrected chi connectivity index (χ4v) is 1.56. The Morgan fingerprint density at radius 1 is 1.53 bits per heavy atom. The van der Waals surface area contributed by atoms with Crippen molar-refractivity contribution in [1.29, 1.82) is 0 Å². The van der Waals surface area contributed by atoms with Crippen molar-refractivity contribution >= 4 is 5.91 Å². The first-order valence-corrected chi connectivity index (χ1v) is 5.70. The first-order valence-electron chi connectivity index (χ1n) is 5.70. The summed E-state index contributed by atoms with van der Waals surface area (Å²) in [5.74, 6) is 0.159. The van der Waals surface area contributed by atoms with Crippen molar-refractivity contribution in [2.24, 2.45) is 5.73 Å². The van der Waals surface area contributed by atoms with Crippen molar-refractivity contribution in [3.63, 3.8) is 0 Å². The molecule has 17 heavy (non-hydrogen) atoms. The molecule has 0 aliphatic rings. The summed E-state index contributed by atoms with van der Waals surface area (Å²) in [4.78, 5) is 11.1. The second-order valence-corrected chi connectivity index (χ2v) is 4.12. The largest absolute Gasteiger partial charge is 0.480 e. The second-order valence-electron chi connectivity index (χ2n) is 4.12. The van der Waals surface area contributed by atoms with Crippen LogP contribution in [-0.2, 0) is 4.79 Å². The predicted octanol–water partition coefficient (Wildman–Crippen LogP) is 1.69. The van der Waals surface area contributed by atoms with Crippen molar-refractivity contribution in [3.05, 3.63) is 29.3 Å². The standard InChI is InChI=1S/C13H19NO3/c1-4-11(13(14)16)17-12-6-5-10(9(3)15)7-8(12)2/h5-7,9,11,15H,4H2,1-3H3,(H2,14,16)/t9-,11?/m1/s1. The molecule has 0 heterocycles. The Kier molecular flexibility index (Phi) is 4.52. The number of hydrogen-bond acceptors (Lipinski definition) is 3. The van der Waals surface area contributed by atoms with Crippen LogP contribution in [0.25, 0.3) is 0 Å². The molecule has 0 aliphatic heterocycles. The molecule has 0 fully saturated rings. The van der Waals surface area contributed by atoms with E-state index in [1.807, 2.05) is 19.9 Å². The van der Waals surface area contributed by atoms with Crippen LogP contribution in [0.3, 0.4) is 0 Å². The summed E-state index contributed by atoms with van der Waals surface area (Å²) in [5, 5.41) is 9.44. The molecule has 4 heteroatoms. The van der Waals surface area contributed by atoms with E-state index in [2.05, 4.69) is 0 Å². The van der Waals surface area contributed by atoms with Gasteiger partial charge in [-0.3, -0.25) is 4.79 Å². The molecule has 0 aliphatic carbocycles. The summed E-state index contributed by atoms with van der Waals surface area (Å²) >= 11 is 0. The average Bonchev–Trinajstić information content (AvgIpc) is 2.26. The van der Waals surface area contributed by atoms with Gasteiger partial charge in [-0.1, -0.05) is 13.0 Å². The number of aryl methyl sites for hydroxylation is 1. The molecule has 0 saturated heterocycles. The molecule has 4 nitrogen and oxygen atoms in total. The lowest BCUT2D eigenvalue weighted by atomic mass is 10.1. The number of carbonyl (C=O) groups excluding carboxylic acids is 1. The van der Waals surface area contributed by atoms with Gasteiger partial charge in [0.2, 0.25) is 0 Å². The second kappa shape index (κ2) is 5.68. The maximum Gasteiger partial charge on any atom is 0.258 e. The number of nitrogens with two attached hydrogens (primary N) is 1. The Hall–Kier alpha value is -1.55. The number of primary amides is 1. The Balaban J connectivity index is 2.89. The van der Waals surface area contributed by atoms with Crippen LogP contribution in [-0.4, -0.2) is 17.1 Å². The topological polar surface area (TPSA) is 72.6 Å². The first-order chi connectivity index (χ1) is 7.95. The first kappa shape index (κ1) is 13.5. The molecule has 1 unspecified atom stereocenters. The van der Waals surface area contributed by atoms with Gasteiger partial charge in [-0.05, 0) is 43.5 Å². The maximum absolute atomic E-state index is 11.1. The number of rotatable bonds is 5. The summed E-state index contributed by atoms with van der Waals surface area (Å²) in [7, 11) is 0. The van der Waals surface area contributed by atoms with Crippen LogP contribution in [0.15, 0.2) is 18.2 Å². The van der Waals surface area contributed by atoms with Gasteiger partial charge in [-0.2, -0.15) is 0 Å². The summed E-state index contributed by atoms with van der Waals surface area (Å²) in [5.41, 5.74) is 6.92. The SMILES string of the molecule is CCC(Oc1ccc([C@@H](C)O)cc1C)C(N)=O. The number of amides is 1. The molecule has 1 aromatic carbocycles. The van der Waals surface area contributed by atoms with E-state index in [0.717, 1.165) is 11.1 Å². The summed E-state index contributed by atoms with van der Waals surface area (Å²) in [6, 6.07) is 5.37. The van der Waals surface area contributed by atoms with Crippen LogP contribution in [0, 0.1) is 6.92 Å². The number of carbonyl (C=O) groups is 1. The molecule has 1 rings (SSSR count). The summed E-state index contributed by atoms with van der Waals surface area (Å²) in [6.07, 6.45) is -0.584. The van der Waals surface area contributed by atoms with Crippen LogP contribution in [0.5, 0.6) is 5.75 Å². The third kappa shape index (κ3) is 3.46. The number of hydrogen-bond donors (Lipinski definition) is 2. The fourth-order valence-electron chi connectivity index (χ4n) is 1.56. The third-order valence-electron chi connectivity index (χ3n) is 2.64. The highest BCUT2D eigenvalue weighted by Crippen LogP contribution is 2.23. The molecular weight excluding hydrogens is 218 g/mol. The molecule has 0 spiro atoms. The highest BCUT2D eigenvalue weighted by atomic mass is 16.5. The van der Waals surface area contributed by atoms with Gasteiger partial charge in [-0.15, -0.1) is 0 Å². The fraction of sp³-hybridized carbons (Fsp3) is 0.462. The number of benzene rings is 1. The maximum atomic E-state index is 11.1. The Labute approximate surface area is 101 Å². The summed E-state index contributed by atoms with van der Waals surface area (Å²) in [6.45, 7) is 5.41. The zero-order valence-electron chi connectivity index (χ0n) is 10.4. The van der Waals surface area contributed by atoms with E-state index in [1.165, 1.54) is 0 Å². The predicted molar refractivity (Wildman–Crippen MR) is 65.7 cm³/mol. The lowest BCUT2D eigenvalue weighted by molar-refractivity contribution is -0.124. The quantitative estimate of drug-likeness (QED) is 0.818. The van der Waals surface area contributed by atoms with E-state index >= 15 is 0 Å². The van der Waals surface area contributed by atoms with Gasteiger partial charge in [0.05, 0.1) is 6.10 Å². The third-order valence-corrected chi connectivity index (χ3v) is 2.64. The van der Waals surface area contributed by atoms with Crippen molar-refractivity contribution in [2.45, 2.75) is 39.4 Å². The van der Waals surface area contributed by atoms with Crippen LogP contribution < -0.4 is 10.5 Å². The molecule has 1 amide bonds. The molecule has 0 bridgehead atoms. The lowest BCUT2D eigenvalue weighted by Crippen LogP contribution is -2.33. The van der Waals surface area contributed by atoms with E-state index < -0.39 is 18.1 Å². The molecule has 0 aromatic heterocycles. The van der Waals surface area contributed by atoms with Gasteiger partial charge in [0.25, 0.3) is 5.91 Å². The van der Waals surface area contributed by atoms with Gasteiger partial charge in [0.15, 0.2) is 6.10 Å². The van der Waals surface area contributed by atoms with E-state index in [1.54, 1.807) is 19.1 Å². The number of aliphatic hydroxyl groups excluding tert-OH is 1. The normalized spacial score (nSPS) is 14.1. The average molecular weight is 237 g/mol. The molecule has 94 valence electrons. The van der Waals surface area contributed by atoms with Gasteiger partial charge in [0, 0.05) is 0 Å². The zero-order chi connectivity index (χ0) is 13.0. The molecular formula is C13H19NO3.